The number of unbranched alkanes of at least 4 members (excludes halogenated alkanes) is 4. The van der Waals surface area contributed by atoms with Gasteiger partial charge in [-0.3, -0.25) is 9.59 Å². The van der Waals surface area contributed by atoms with Gasteiger partial charge in [0, 0.05) is 17.5 Å². The third-order valence-electron chi connectivity index (χ3n) is 4.37. The number of benzene rings is 1. The average Bonchev–Trinajstić information content (AvgIpc) is 2.66. The second-order valence-corrected chi connectivity index (χ2v) is 6.24. The van der Waals surface area contributed by atoms with E-state index in [2.05, 4.69) is 6.92 Å². The lowest BCUT2D eigenvalue weighted by Crippen LogP contribution is -2.14. The maximum absolute atomic E-state index is 12.9. The molecule has 1 aromatic carbocycles. The highest BCUT2D eigenvalue weighted by Gasteiger charge is 2.25. The minimum Gasteiger partial charge on any atom is -0.493 e. The number of carbonyl (C=O) groups is 2. The second-order valence-electron chi connectivity index (χ2n) is 6.24. The highest BCUT2D eigenvalue weighted by atomic mass is 16.5. The first-order valence-corrected chi connectivity index (χ1v) is 9.54. The number of esters is 1. The minimum atomic E-state index is -0.417. The first kappa shape index (κ1) is 22.8. The van der Waals surface area contributed by atoms with Crippen molar-refractivity contribution in [3.05, 3.63) is 17.2 Å². The Bertz CT molecular complexity index is 624. The van der Waals surface area contributed by atoms with E-state index in [1.807, 2.05) is 0 Å². The third-order valence-corrected chi connectivity index (χ3v) is 4.37. The van der Waals surface area contributed by atoms with E-state index in [4.69, 9.17) is 18.9 Å². The summed E-state index contributed by atoms with van der Waals surface area (Å²) in [4.78, 5) is 25.0. The quantitative estimate of drug-likeness (QED) is 0.288. The molecular weight excluding hydrogens is 348 g/mol. The zero-order valence-electron chi connectivity index (χ0n) is 17.2. The normalized spacial score (nSPS) is 10.4. The molecule has 0 bridgehead atoms. The molecule has 0 radical (unpaired) electrons. The van der Waals surface area contributed by atoms with Crippen molar-refractivity contribution in [3.63, 3.8) is 0 Å². The van der Waals surface area contributed by atoms with Crippen LogP contribution in [0.25, 0.3) is 0 Å². The maximum Gasteiger partial charge on any atom is 0.310 e. The van der Waals surface area contributed by atoms with Crippen LogP contribution in [0.2, 0.25) is 0 Å². The zero-order valence-corrected chi connectivity index (χ0v) is 17.2. The second kappa shape index (κ2) is 12.2. The van der Waals surface area contributed by atoms with Crippen molar-refractivity contribution in [2.45, 2.75) is 58.8 Å². The van der Waals surface area contributed by atoms with Crippen molar-refractivity contribution in [1.29, 1.82) is 0 Å². The molecule has 0 amide bonds. The fraction of sp³-hybridized carbons (Fsp3) is 0.619. The van der Waals surface area contributed by atoms with Crippen LogP contribution >= 0.6 is 0 Å². The summed E-state index contributed by atoms with van der Waals surface area (Å²) in [5, 5.41) is 0. The molecule has 1 rings (SSSR count). The minimum absolute atomic E-state index is 0.0370. The van der Waals surface area contributed by atoms with Gasteiger partial charge in [0.1, 0.15) is 0 Å². The van der Waals surface area contributed by atoms with Crippen LogP contribution in [0, 0.1) is 0 Å². The molecule has 0 aliphatic heterocycles. The molecule has 0 atom stereocenters. The van der Waals surface area contributed by atoms with Crippen LogP contribution in [-0.4, -0.2) is 39.7 Å². The number of ketones is 1. The van der Waals surface area contributed by atoms with Crippen LogP contribution < -0.4 is 14.2 Å². The molecule has 0 saturated heterocycles. The van der Waals surface area contributed by atoms with Crippen LogP contribution in [0.5, 0.6) is 17.2 Å². The zero-order chi connectivity index (χ0) is 20.2. The number of ether oxygens (including phenoxy) is 4. The van der Waals surface area contributed by atoms with Gasteiger partial charge in [0.2, 0.25) is 5.75 Å². The molecule has 27 heavy (non-hydrogen) atoms. The van der Waals surface area contributed by atoms with Crippen LogP contribution in [0.4, 0.5) is 0 Å². The van der Waals surface area contributed by atoms with E-state index in [1.54, 1.807) is 13.0 Å². The van der Waals surface area contributed by atoms with E-state index in [-0.39, 0.29) is 18.8 Å². The van der Waals surface area contributed by atoms with Gasteiger partial charge in [-0.15, -0.1) is 0 Å². The molecule has 152 valence electrons. The Morgan fingerprint density at radius 2 is 1.56 bits per heavy atom. The highest BCUT2D eigenvalue weighted by molar-refractivity contribution is 6.00. The van der Waals surface area contributed by atoms with Crippen molar-refractivity contribution in [2.24, 2.45) is 0 Å². The molecule has 0 saturated carbocycles. The molecule has 0 N–H and O–H groups in total. The van der Waals surface area contributed by atoms with Crippen molar-refractivity contribution in [2.75, 3.05) is 27.9 Å². The fourth-order valence-corrected chi connectivity index (χ4v) is 3.02. The van der Waals surface area contributed by atoms with Crippen LogP contribution in [0.15, 0.2) is 6.07 Å². The summed E-state index contributed by atoms with van der Waals surface area (Å²) in [6.45, 7) is 4.17. The molecule has 0 fully saturated rings. The van der Waals surface area contributed by atoms with Gasteiger partial charge in [0.15, 0.2) is 17.3 Å². The Labute approximate surface area is 162 Å². The van der Waals surface area contributed by atoms with Crippen LogP contribution in [0.3, 0.4) is 0 Å². The van der Waals surface area contributed by atoms with E-state index in [9.17, 15) is 9.59 Å². The van der Waals surface area contributed by atoms with Crippen molar-refractivity contribution < 1.29 is 28.5 Å². The van der Waals surface area contributed by atoms with Crippen molar-refractivity contribution in [3.8, 4) is 17.2 Å². The molecule has 0 unspecified atom stereocenters. The molecule has 1 aromatic rings. The Morgan fingerprint density at radius 3 is 2.11 bits per heavy atom. The van der Waals surface area contributed by atoms with Crippen molar-refractivity contribution in [1.82, 2.24) is 0 Å². The summed E-state index contributed by atoms with van der Waals surface area (Å²) in [7, 11) is 4.47. The molecule has 0 heterocycles. The Morgan fingerprint density at radius 1 is 0.889 bits per heavy atom. The van der Waals surface area contributed by atoms with Gasteiger partial charge in [-0.05, 0) is 19.4 Å². The summed E-state index contributed by atoms with van der Waals surface area (Å²) < 4.78 is 21.3. The van der Waals surface area contributed by atoms with Gasteiger partial charge in [-0.25, -0.2) is 0 Å². The Balaban J connectivity index is 3.21. The lowest BCUT2D eigenvalue weighted by atomic mass is 9.95. The van der Waals surface area contributed by atoms with Gasteiger partial charge in [-0.1, -0.05) is 32.6 Å². The number of rotatable bonds is 13. The third kappa shape index (κ3) is 6.45. The monoisotopic (exact) mass is 380 g/mol. The summed E-state index contributed by atoms with van der Waals surface area (Å²) in [6, 6.07) is 1.63. The molecule has 0 aliphatic carbocycles. The summed E-state index contributed by atoms with van der Waals surface area (Å²) >= 11 is 0. The van der Waals surface area contributed by atoms with E-state index in [0.29, 0.717) is 34.8 Å². The SMILES string of the molecule is CCCCCCCC(=O)c1cc(OC)c(OC)c(OC)c1CC(=O)OCC. The molecule has 0 spiro atoms. The lowest BCUT2D eigenvalue weighted by Gasteiger charge is -2.19. The van der Waals surface area contributed by atoms with Crippen LogP contribution in [-0.2, 0) is 16.0 Å². The molecule has 6 heteroatoms. The van der Waals surface area contributed by atoms with E-state index < -0.39 is 5.97 Å². The van der Waals surface area contributed by atoms with E-state index >= 15 is 0 Å². The number of Topliss-reactive ketones (excluding diaryl/α,β-unsaturated/α-hetero) is 1. The first-order valence-electron chi connectivity index (χ1n) is 9.54. The summed E-state index contributed by atoms with van der Waals surface area (Å²) in [5.74, 6) is 0.638. The van der Waals surface area contributed by atoms with Gasteiger partial charge in [0.25, 0.3) is 0 Å². The fourth-order valence-electron chi connectivity index (χ4n) is 3.02. The first-order chi connectivity index (χ1) is 13.0. The topological polar surface area (TPSA) is 71.1 Å². The maximum atomic E-state index is 12.9. The predicted octanol–water partition coefficient (Wildman–Crippen LogP) is 4.36. The summed E-state index contributed by atoms with van der Waals surface area (Å²) in [5.41, 5.74) is 0.903. The van der Waals surface area contributed by atoms with E-state index in [1.165, 1.54) is 27.8 Å². The largest absolute Gasteiger partial charge is 0.493 e. The Kier molecular flexibility index (Phi) is 10.3. The van der Waals surface area contributed by atoms with Gasteiger partial charge >= 0.3 is 5.97 Å². The molecule has 6 nitrogen and oxygen atoms in total. The van der Waals surface area contributed by atoms with E-state index in [0.717, 1.165) is 25.7 Å². The summed E-state index contributed by atoms with van der Waals surface area (Å²) in [6.07, 6.45) is 5.63. The van der Waals surface area contributed by atoms with Crippen molar-refractivity contribution >= 4 is 11.8 Å². The molecule has 0 aromatic heterocycles. The highest BCUT2D eigenvalue weighted by Crippen LogP contribution is 2.42. The van der Waals surface area contributed by atoms with Gasteiger partial charge < -0.3 is 18.9 Å². The number of methoxy groups -OCH3 is 3. The average molecular weight is 380 g/mol. The number of hydrogen-bond donors (Lipinski definition) is 0. The number of carbonyl (C=O) groups excluding carboxylic acids is 2. The number of hydrogen-bond acceptors (Lipinski definition) is 6. The Hall–Kier alpha value is -2.24. The van der Waals surface area contributed by atoms with Crippen LogP contribution in [0.1, 0.15) is 68.3 Å². The predicted molar refractivity (Wildman–Crippen MR) is 104 cm³/mol. The molecule has 0 aliphatic rings. The van der Waals surface area contributed by atoms with Gasteiger partial charge in [0.05, 0.1) is 34.4 Å². The standard InChI is InChI=1S/C21H32O6/c1-6-8-9-10-11-12-17(22)15-13-18(24-3)21(26-5)20(25-4)16(15)14-19(23)27-7-2/h13H,6-12,14H2,1-5H3. The lowest BCUT2D eigenvalue weighted by molar-refractivity contribution is -0.142. The van der Waals surface area contributed by atoms with Gasteiger partial charge in [-0.2, -0.15) is 0 Å². The molecular formula is C21H32O6. The smallest absolute Gasteiger partial charge is 0.310 e.